The van der Waals surface area contributed by atoms with Crippen molar-refractivity contribution in [2.24, 2.45) is 0 Å². The number of benzene rings is 3. The predicted octanol–water partition coefficient (Wildman–Crippen LogP) is 3.62. The highest BCUT2D eigenvalue weighted by molar-refractivity contribution is 6.10. The Bertz CT molecular complexity index is 940. The summed E-state index contributed by atoms with van der Waals surface area (Å²) in [5.41, 5.74) is 2.27. The first kappa shape index (κ1) is 14.9. The summed E-state index contributed by atoms with van der Waals surface area (Å²) < 4.78 is 0. The van der Waals surface area contributed by atoms with Gasteiger partial charge in [-0.25, -0.2) is 0 Å². The molecule has 1 aliphatic rings. The van der Waals surface area contributed by atoms with E-state index in [9.17, 15) is 9.90 Å². The van der Waals surface area contributed by atoms with Gasteiger partial charge in [0, 0.05) is 30.0 Å². The van der Waals surface area contributed by atoms with E-state index in [4.69, 9.17) is 0 Å². The molecule has 24 heavy (non-hydrogen) atoms. The van der Waals surface area contributed by atoms with Crippen LogP contribution in [0.25, 0.3) is 10.8 Å². The molecule has 0 radical (unpaired) electrons. The number of hydrogen-bond donors (Lipinski definition) is 1. The summed E-state index contributed by atoms with van der Waals surface area (Å²) in [4.78, 5) is 14.3. The molecule has 0 aromatic heterocycles. The number of likely N-dealkylation sites (N-methyl/N-ethyl adjacent to an activating group) is 1. The Morgan fingerprint density at radius 3 is 2.38 bits per heavy atom. The number of carbonyl (C=O) groups is 1. The summed E-state index contributed by atoms with van der Waals surface area (Å²) >= 11 is 0. The van der Waals surface area contributed by atoms with Gasteiger partial charge in [0.15, 0.2) is 5.72 Å². The van der Waals surface area contributed by atoms with Crippen LogP contribution in [0.3, 0.4) is 0 Å². The van der Waals surface area contributed by atoms with E-state index in [1.807, 2.05) is 67.6 Å². The van der Waals surface area contributed by atoms with Crippen molar-refractivity contribution in [3.63, 3.8) is 0 Å². The van der Waals surface area contributed by atoms with E-state index >= 15 is 0 Å². The summed E-state index contributed by atoms with van der Waals surface area (Å²) in [5, 5.41) is 13.3. The SMILES string of the molecule is Cc1ccc(CC2(O)c3cccc4cccc(c34)C(=O)N2C)cc1. The van der Waals surface area contributed by atoms with Crippen LogP contribution in [0, 0.1) is 6.92 Å². The van der Waals surface area contributed by atoms with Gasteiger partial charge in [-0.05, 0) is 23.9 Å². The maximum absolute atomic E-state index is 12.8. The van der Waals surface area contributed by atoms with Crippen LogP contribution in [-0.2, 0) is 12.1 Å². The summed E-state index contributed by atoms with van der Waals surface area (Å²) in [6, 6.07) is 19.6. The minimum Gasteiger partial charge on any atom is -0.366 e. The lowest BCUT2D eigenvalue weighted by Gasteiger charge is -2.42. The number of rotatable bonds is 2. The fourth-order valence-corrected chi connectivity index (χ4v) is 3.59. The topological polar surface area (TPSA) is 40.5 Å². The number of nitrogens with zero attached hydrogens (tertiary/aromatic N) is 1. The average Bonchev–Trinajstić information content (AvgIpc) is 2.60. The third kappa shape index (κ3) is 2.05. The minimum atomic E-state index is -1.35. The third-order valence-corrected chi connectivity index (χ3v) is 5.00. The molecule has 0 saturated carbocycles. The summed E-state index contributed by atoms with van der Waals surface area (Å²) in [6.07, 6.45) is 0.364. The largest absolute Gasteiger partial charge is 0.366 e. The molecule has 1 N–H and O–H groups in total. The van der Waals surface area contributed by atoms with Gasteiger partial charge < -0.3 is 10.0 Å². The molecule has 3 aromatic carbocycles. The molecule has 4 rings (SSSR count). The molecule has 3 aromatic rings. The van der Waals surface area contributed by atoms with Crippen LogP contribution >= 0.6 is 0 Å². The van der Waals surface area contributed by atoms with Gasteiger partial charge in [0.2, 0.25) is 0 Å². The van der Waals surface area contributed by atoms with Crippen molar-refractivity contribution in [3.05, 3.63) is 82.9 Å². The number of aryl methyl sites for hydroxylation is 1. The van der Waals surface area contributed by atoms with Crippen molar-refractivity contribution in [2.75, 3.05) is 7.05 Å². The molecule has 120 valence electrons. The van der Waals surface area contributed by atoms with Crippen LogP contribution in [0.1, 0.15) is 27.0 Å². The Kier molecular flexibility index (Phi) is 3.22. The van der Waals surface area contributed by atoms with E-state index in [0.717, 1.165) is 21.9 Å². The zero-order chi connectivity index (χ0) is 16.9. The Labute approximate surface area is 141 Å². The number of hydrogen-bond acceptors (Lipinski definition) is 2. The molecular weight excluding hydrogens is 298 g/mol. The van der Waals surface area contributed by atoms with Crippen LogP contribution in [0.15, 0.2) is 60.7 Å². The summed E-state index contributed by atoms with van der Waals surface area (Å²) in [6.45, 7) is 2.03. The second-order valence-electron chi connectivity index (χ2n) is 6.55. The molecular formula is C21H19NO2. The van der Waals surface area contributed by atoms with E-state index in [-0.39, 0.29) is 5.91 Å². The highest BCUT2D eigenvalue weighted by atomic mass is 16.3. The maximum Gasteiger partial charge on any atom is 0.256 e. The van der Waals surface area contributed by atoms with Gasteiger partial charge in [-0.3, -0.25) is 4.79 Å². The molecule has 1 aliphatic heterocycles. The van der Waals surface area contributed by atoms with Crippen molar-refractivity contribution in [1.29, 1.82) is 0 Å². The van der Waals surface area contributed by atoms with Gasteiger partial charge in [-0.1, -0.05) is 60.2 Å². The van der Waals surface area contributed by atoms with Crippen LogP contribution < -0.4 is 0 Å². The van der Waals surface area contributed by atoms with Gasteiger partial charge in [-0.2, -0.15) is 0 Å². The van der Waals surface area contributed by atoms with Crippen molar-refractivity contribution in [1.82, 2.24) is 4.90 Å². The minimum absolute atomic E-state index is 0.145. The lowest BCUT2D eigenvalue weighted by Crippen LogP contribution is -2.51. The molecule has 1 atom stereocenters. The fraction of sp³-hybridized carbons (Fsp3) is 0.190. The smallest absolute Gasteiger partial charge is 0.256 e. The monoisotopic (exact) mass is 317 g/mol. The Hall–Kier alpha value is -2.65. The fourth-order valence-electron chi connectivity index (χ4n) is 3.59. The van der Waals surface area contributed by atoms with E-state index in [1.54, 1.807) is 7.05 Å². The Balaban J connectivity index is 1.93. The molecule has 1 amide bonds. The normalized spacial score (nSPS) is 19.8. The Morgan fingerprint density at radius 2 is 1.67 bits per heavy atom. The first-order valence-corrected chi connectivity index (χ1v) is 8.09. The second-order valence-corrected chi connectivity index (χ2v) is 6.55. The lowest BCUT2D eigenvalue weighted by atomic mass is 9.84. The van der Waals surface area contributed by atoms with Gasteiger partial charge in [0.25, 0.3) is 5.91 Å². The molecule has 1 heterocycles. The van der Waals surface area contributed by atoms with E-state index in [0.29, 0.717) is 12.0 Å². The molecule has 0 saturated heterocycles. The average molecular weight is 317 g/mol. The van der Waals surface area contributed by atoms with Crippen molar-refractivity contribution < 1.29 is 9.90 Å². The molecule has 0 fully saturated rings. The zero-order valence-electron chi connectivity index (χ0n) is 13.8. The predicted molar refractivity (Wildman–Crippen MR) is 94.8 cm³/mol. The van der Waals surface area contributed by atoms with Crippen molar-refractivity contribution in [2.45, 2.75) is 19.1 Å². The number of carbonyl (C=O) groups excluding carboxylic acids is 1. The van der Waals surface area contributed by atoms with E-state index in [2.05, 4.69) is 0 Å². The number of aliphatic hydroxyl groups is 1. The van der Waals surface area contributed by atoms with Gasteiger partial charge in [-0.15, -0.1) is 0 Å². The Morgan fingerprint density at radius 1 is 1.00 bits per heavy atom. The molecule has 0 bridgehead atoms. The van der Waals surface area contributed by atoms with Gasteiger partial charge in [0.05, 0.1) is 0 Å². The van der Waals surface area contributed by atoms with Crippen LogP contribution in [0.4, 0.5) is 0 Å². The van der Waals surface area contributed by atoms with Crippen LogP contribution in [0.5, 0.6) is 0 Å². The second kappa shape index (κ2) is 5.18. The molecule has 3 heteroatoms. The van der Waals surface area contributed by atoms with Crippen molar-refractivity contribution >= 4 is 16.7 Å². The number of amides is 1. The lowest BCUT2D eigenvalue weighted by molar-refractivity contribution is -0.0828. The van der Waals surface area contributed by atoms with Gasteiger partial charge >= 0.3 is 0 Å². The molecule has 0 aliphatic carbocycles. The maximum atomic E-state index is 12.8. The van der Waals surface area contributed by atoms with Gasteiger partial charge in [0.1, 0.15) is 0 Å². The third-order valence-electron chi connectivity index (χ3n) is 5.00. The van der Waals surface area contributed by atoms with E-state index in [1.165, 1.54) is 10.5 Å². The van der Waals surface area contributed by atoms with E-state index < -0.39 is 5.72 Å². The van der Waals surface area contributed by atoms with Crippen LogP contribution in [-0.4, -0.2) is 23.0 Å². The van der Waals surface area contributed by atoms with Crippen molar-refractivity contribution in [3.8, 4) is 0 Å². The zero-order valence-corrected chi connectivity index (χ0v) is 13.8. The first-order valence-electron chi connectivity index (χ1n) is 8.09. The molecule has 1 unspecified atom stereocenters. The highest BCUT2D eigenvalue weighted by Crippen LogP contribution is 2.40. The molecule has 3 nitrogen and oxygen atoms in total. The summed E-state index contributed by atoms with van der Waals surface area (Å²) in [5.74, 6) is -0.145. The quantitative estimate of drug-likeness (QED) is 0.784. The summed E-state index contributed by atoms with van der Waals surface area (Å²) in [7, 11) is 1.67. The highest BCUT2D eigenvalue weighted by Gasteiger charge is 2.43. The standard InChI is InChI=1S/C21H19NO2/c1-14-9-11-15(12-10-14)13-21(24)18-8-4-6-16-5-3-7-17(19(16)18)20(23)22(21)2/h3-12,24H,13H2,1-2H3. The molecule has 0 spiro atoms. The first-order chi connectivity index (χ1) is 11.5. The van der Waals surface area contributed by atoms with Crippen LogP contribution in [0.2, 0.25) is 0 Å².